The Balaban J connectivity index is 1.31. The van der Waals surface area contributed by atoms with E-state index in [-0.39, 0.29) is 16.6 Å². The molecule has 2 aliphatic heterocycles. The van der Waals surface area contributed by atoms with Crippen LogP contribution in [-0.4, -0.2) is 61.7 Å². The number of rotatable bonds is 5. The number of hydrogen-bond donors (Lipinski definition) is 1. The molecular weight excluding hydrogens is 676 g/mol. The fraction of sp³-hybridized carbons (Fsp3) is 0.351. The van der Waals surface area contributed by atoms with Gasteiger partial charge in [-0.05, 0) is 107 Å². The predicted molar refractivity (Wildman–Crippen MR) is 190 cm³/mol. The van der Waals surface area contributed by atoms with Crippen LogP contribution in [0.3, 0.4) is 0 Å². The van der Waals surface area contributed by atoms with E-state index in [4.69, 9.17) is 18.9 Å². The molecule has 1 spiro atoms. The average molecular weight is 715 g/mol. The first kappa shape index (κ1) is 34.1. The highest BCUT2D eigenvalue weighted by molar-refractivity contribution is 7.94. The van der Waals surface area contributed by atoms with Crippen LogP contribution in [0.25, 0.3) is 17.0 Å². The van der Waals surface area contributed by atoms with E-state index in [0.29, 0.717) is 51.4 Å². The van der Waals surface area contributed by atoms with E-state index in [9.17, 15) is 22.8 Å². The van der Waals surface area contributed by atoms with Crippen LogP contribution in [0.2, 0.25) is 0 Å². The fourth-order valence-electron chi connectivity index (χ4n) is 6.78. The third-order valence-electron chi connectivity index (χ3n) is 9.04. The quantitative estimate of drug-likeness (QED) is 0.226. The highest BCUT2D eigenvalue weighted by atomic mass is 32.2. The van der Waals surface area contributed by atoms with Gasteiger partial charge in [-0.3, -0.25) is 4.79 Å². The number of fused-ring (bicyclic) bond motifs is 4. The van der Waals surface area contributed by atoms with Gasteiger partial charge in [0.15, 0.2) is 5.82 Å². The van der Waals surface area contributed by atoms with Crippen molar-refractivity contribution in [2.24, 2.45) is 0 Å². The van der Waals surface area contributed by atoms with E-state index in [2.05, 4.69) is 10.4 Å². The van der Waals surface area contributed by atoms with Gasteiger partial charge in [0, 0.05) is 22.8 Å². The van der Waals surface area contributed by atoms with Crippen LogP contribution in [0, 0.1) is 0 Å². The Bertz CT molecular complexity index is 2310. The number of nitrogens with one attached hydrogen (secondary N) is 1. The van der Waals surface area contributed by atoms with E-state index < -0.39 is 44.5 Å². The zero-order chi connectivity index (χ0) is 36.8. The number of carbonyl (C=O) groups excluding carboxylic acids is 3. The van der Waals surface area contributed by atoms with Gasteiger partial charge in [-0.25, -0.2) is 22.9 Å². The molecule has 3 heterocycles. The van der Waals surface area contributed by atoms with Crippen molar-refractivity contribution < 1.29 is 41.7 Å². The average Bonchev–Trinajstić information content (AvgIpc) is 3.50. The molecule has 0 unspecified atom stereocenters. The van der Waals surface area contributed by atoms with E-state index >= 15 is 0 Å². The second-order valence-electron chi connectivity index (χ2n) is 14.8. The minimum absolute atomic E-state index is 0.128. The lowest BCUT2D eigenvalue weighted by atomic mass is 9.91. The summed E-state index contributed by atoms with van der Waals surface area (Å²) in [5, 5.41) is 9.52. The van der Waals surface area contributed by atoms with Gasteiger partial charge in [0.2, 0.25) is 15.7 Å². The summed E-state index contributed by atoms with van der Waals surface area (Å²) in [7, 11) is -0.609. The largest absolute Gasteiger partial charge is 0.497 e. The summed E-state index contributed by atoms with van der Waals surface area (Å²) < 4.78 is 48.5. The summed E-state index contributed by atoms with van der Waals surface area (Å²) in [6, 6.07) is 13.7. The molecule has 2 atom stereocenters. The Morgan fingerprint density at radius 3 is 2.29 bits per heavy atom. The number of ether oxygens (including phenoxy) is 4. The van der Waals surface area contributed by atoms with E-state index in [1.807, 2.05) is 6.07 Å². The van der Waals surface area contributed by atoms with Gasteiger partial charge >= 0.3 is 12.2 Å². The summed E-state index contributed by atoms with van der Waals surface area (Å²) >= 11 is 0. The Labute approximate surface area is 295 Å². The number of amides is 2. The summed E-state index contributed by atoms with van der Waals surface area (Å²) in [6.45, 7) is 10.5. The van der Waals surface area contributed by atoms with Gasteiger partial charge in [-0.15, -0.1) is 5.10 Å². The topological polar surface area (TPSA) is 155 Å². The molecule has 1 saturated carbocycles. The molecular formula is C37H38N4O9S. The van der Waals surface area contributed by atoms with Crippen LogP contribution in [0.4, 0.5) is 26.8 Å². The fourth-order valence-corrected chi connectivity index (χ4v) is 7.98. The smallest absolute Gasteiger partial charge is 0.435 e. The highest BCUT2D eigenvalue weighted by Crippen LogP contribution is 2.67. The molecule has 266 valence electrons. The Morgan fingerprint density at radius 1 is 0.922 bits per heavy atom. The van der Waals surface area contributed by atoms with Gasteiger partial charge in [-0.2, -0.15) is 4.68 Å². The molecule has 13 nitrogen and oxygen atoms in total. The van der Waals surface area contributed by atoms with Gasteiger partial charge in [0.25, 0.3) is 0 Å². The number of aromatic nitrogens is 2. The molecule has 2 amide bonds. The number of benzene rings is 3. The van der Waals surface area contributed by atoms with Gasteiger partial charge in [0.1, 0.15) is 22.7 Å². The lowest BCUT2D eigenvalue weighted by molar-refractivity contribution is -0.120. The Morgan fingerprint density at radius 2 is 1.63 bits per heavy atom. The third-order valence-corrected chi connectivity index (χ3v) is 10.5. The van der Waals surface area contributed by atoms with E-state index in [1.54, 1.807) is 77.9 Å². The number of carbonyl (C=O) groups is 3. The molecule has 7 rings (SSSR count). The number of sulfone groups is 1. The number of anilines is 3. The van der Waals surface area contributed by atoms with Crippen molar-refractivity contribution in [2.45, 2.75) is 75.4 Å². The van der Waals surface area contributed by atoms with Gasteiger partial charge in [0.05, 0.1) is 41.4 Å². The monoisotopic (exact) mass is 714 g/mol. The maximum absolute atomic E-state index is 14.3. The van der Waals surface area contributed by atoms with E-state index in [0.717, 1.165) is 20.6 Å². The third kappa shape index (κ3) is 5.67. The van der Waals surface area contributed by atoms with Crippen molar-refractivity contribution in [3.63, 3.8) is 0 Å². The second-order valence-corrected chi connectivity index (χ2v) is 16.6. The number of nitrogens with zero attached hydrogens (tertiary/aromatic N) is 3. The van der Waals surface area contributed by atoms with Crippen molar-refractivity contribution in [1.82, 2.24) is 9.78 Å². The normalized spacial score (nSPS) is 20.0. The number of imide groups is 1. The highest BCUT2D eigenvalue weighted by Gasteiger charge is 2.68. The molecule has 4 aromatic rings. The summed E-state index contributed by atoms with van der Waals surface area (Å²) in [4.78, 5) is 42.5. The standard InChI is InChI=1S/C37H38N4O9S/c1-35(2,3)49-33(43)40-27-12-10-22(47-7)17-24(27)37(32(40)42)19-25(37)20-9-11-23-28(16-20)41(34(44)50-36(4,5)6)39-31(23)38-26-15-21-13-14-51(45,46)30(21)18-29(26)48-8/h9-18,25H,19H2,1-8H3,(H,38,39)/t25-,37-/m0/s1. The van der Waals surface area contributed by atoms with Crippen molar-refractivity contribution in [1.29, 1.82) is 0 Å². The molecule has 1 fully saturated rings. The van der Waals surface area contributed by atoms with Gasteiger partial charge < -0.3 is 24.3 Å². The van der Waals surface area contributed by atoms with Crippen LogP contribution >= 0.6 is 0 Å². The molecule has 3 aromatic carbocycles. The van der Waals surface area contributed by atoms with Gasteiger partial charge in [-0.1, -0.05) is 6.07 Å². The molecule has 1 N–H and O–H groups in total. The molecule has 0 bridgehead atoms. The lowest BCUT2D eigenvalue weighted by Crippen LogP contribution is -2.41. The van der Waals surface area contributed by atoms with Crippen LogP contribution < -0.4 is 19.7 Å². The summed E-state index contributed by atoms with van der Waals surface area (Å²) in [6.07, 6.45) is 0.435. The Hall–Kier alpha value is -5.37. The molecule has 0 radical (unpaired) electrons. The first-order chi connectivity index (χ1) is 23.9. The summed E-state index contributed by atoms with van der Waals surface area (Å²) in [5.41, 5.74) is 0.464. The second kappa shape index (κ2) is 11.3. The molecule has 14 heteroatoms. The zero-order valence-electron chi connectivity index (χ0n) is 29.5. The van der Waals surface area contributed by atoms with E-state index in [1.165, 1.54) is 26.4 Å². The van der Waals surface area contributed by atoms with Crippen molar-refractivity contribution >= 4 is 62.1 Å². The lowest BCUT2D eigenvalue weighted by Gasteiger charge is -2.24. The molecule has 51 heavy (non-hydrogen) atoms. The maximum atomic E-state index is 14.3. The first-order valence-electron chi connectivity index (χ1n) is 16.3. The molecule has 0 saturated heterocycles. The first-order valence-corrected chi connectivity index (χ1v) is 17.9. The summed E-state index contributed by atoms with van der Waals surface area (Å²) in [5.74, 6) is 0.353. The SMILES string of the molecule is COc1ccc2c(c1)[C@]1(C[C@H]1c1ccc3c(Nc4cc5c(cc4OC)S(=O)(=O)C=C5)nn(C(=O)OC(C)(C)C)c3c1)C(=O)N2C(=O)OC(C)(C)C. The van der Waals surface area contributed by atoms with Crippen LogP contribution in [0.1, 0.15) is 70.6 Å². The minimum Gasteiger partial charge on any atom is -0.497 e. The molecule has 1 aliphatic carbocycles. The Kier molecular flexibility index (Phi) is 7.57. The van der Waals surface area contributed by atoms with Crippen LogP contribution in [0.5, 0.6) is 11.5 Å². The van der Waals surface area contributed by atoms with Crippen LogP contribution in [0.15, 0.2) is 58.8 Å². The van der Waals surface area contributed by atoms with Crippen molar-refractivity contribution in [2.75, 3.05) is 24.4 Å². The van der Waals surface area contributed by atoms with Crippen molar-refractivity contribution in [3.8, 4) is 11.5 Å². The van der Waals surface area contributed by atoms with Crippen molar-refractivity contribution in [3.05, 3.63) is 70.6 Å². The minimum atomic E-state index is -3.58. The maximum Gasteiger partial charge on any atom is 0.435 e. The molecule has 3 aliphatic rings. The zero-order valence-corrected chi connectivity index (χ0v) is 30.3. The molecule has 1 aromatic heterocycles. The number of hydrogen-bond acceptors (Lipinski definition) is 11. The van der Waals surface area contributed by atoms with Crippen LogP contribution in [-0.2, 0) is 29.5 Å². The number of methoxy groups -OCH3 is 2. The predicted octanol–water partition coefficient (Wildman–Crippen LogP) is 7.05.